The van der Waals surface area contributed by atoms with E-state index < -0.39 is 0 Å². The van der Waals surface area contributed by atoms with Gasteiger partial charge in [-0.25, -0.2) is 0 Å². The van der Waals surface area contributed by atoms with E-state index in [0.29, 0.717) is 24.0 Å². The maximum absolute atomic E-state index is 11.9. The van der Waals surface area contributed by atoms with E-state index in [2.05, 4.69) is 20.4 Å². The van der Waals surface area contributed by atoms with E-state index in [1.807, 2.05) is 38.1 Å². The fourth-order valence-electron chi connectivity index (χ4n) is 2.21. The van der Waals surface area contributed by atoms with Gasteiger partial charge in [-0.05, 0) is 29.8 Å². The Morgan fingerprint density at radius 2 is 2.15 bits per heavy atom. The molecule has 26 heavy (non-hydrogen) atoms. The summed E-state index contributed by atoms with van der Waals surface area (Å²) in [5.74, 6) is 1.62. The first-order valence-electron chi connectivity index (χ1n) is 8.34. The Balaban J connectivity index is 1.55. The van der Waals surface area contributed by atoms with E-state index in [1.54, 1.807) is 24.5 Å². The van der Waals surface area contributed by atoms with Gasteiger partial charge in [-0.15, -0.1) is 0 Å². The second kappa shape index (κ2) is 8.24. The molecule has 0 unspecified atom stereocenters. The molecule has 2 heterocycles. The summed E-state index contributed by atoms with van der Waals surface area (Å²) in [4.78, 5) is 20.3. The van der Waals surface area contributed by atoms with Gasteiger partial charge in [-0.2, -0.15) is 4.98 Å². The molecule has 0 aliphatic carbocycles. The number of nitrogens with one attached hydrogen (secondary N) is 1. The van der Waals surface area contributed by atoms with Crippen molar-refractivity contribution in [3.05, 3.63) is 60.2 Å². The van der Waals surface area contributed by atoms with Gasteiger partial charge in [0.15, 0.2) is 12.4 Å². The second-order valence-corrected chi connectivity index (χ2v) is 6.07. The van der Waals surface area contributed by atoms with Crippen LogP contribution in [-0.4, -0.2) is 27.6 Å². The Morgan fingerprint density at radius 1 is 1.27 bits per heavy atom. The lowest BCUT2D eigenvalue weighted by Gasteiger charge is -2.08. The predicted octanol–water partition coefficient (Wildman–Crippen LogP) is 2.95. The molecular formula is C19H20N4O3. The van der Waals surface area contributed by atoms with Gasteiger partial charge < -0.3 is 14.6 Å². The molecule has 3 aromatic rings. The number of ether oxygens (including phenoxy) is 1. The number of carbonyl (C=O) groups is 1. The third-order valence-corrected chi connectivity index (χ3v) is 3.62. The molecule has 0 aliphatic heterocycles. The van der Waals surface area contributed by atoms with Crippen LogP contribution < -0.4 is 10.1 Å². The van der Waals surface area contributed by atoms with Crippen molar-refractivity contribution in [2.45, 2.75) is 26.3 Å². The Hall–Kier alpha value is -3.22. The Bertz CT molecular complexity index is 862. The summed E-state index contributed by atoms with van der Waals surface area (Å²) in [6.07, 6.45) is 3.40. The lowest BCUT2D eigenvalue weighted by Crippen LogP contribution is -2.28. The van der Waals surface area contributed by atoms with Crippen LogP contribution in [0.5, 0.6) is 5.75 Å². The van der Waals surface area contributed by atoms with Crippen LogP contribution in [0.4, 0.5) is 0 Å². The number of hydrogen-bond acceptors (Lipinski definition) is 6. The third-order valence-electron chi connectivity index (χ3n) is 3.62. The normalized spacial score (nSPS) is 10.7. The molecule has 7 heteroatoms. The molecule has 0 fully saturated rings. The van der Waals surface area contributed by atoms with Crippen LogP contribution in [0.1, 0.15) is 31.2 Å². The van der Waals surface area contributed by atoms with Crippen LogP contribution in [0.25, 0.3) is 11.5 Å². The number of carbonyl (C=O) groups excluding carboxylic acids is 1. The second-order valence-electron chi connectivity index (χ2n) is 6.07. The predicted molar refractivity (Wildman–Crippen MR) is 95.4 cm³/mol. The molecule has 0 saturated heterocycles. The topological polar surface area (TPSA) is 90.1 Å². The van der Waals surface area contributed by atoms with Crippen LogP contribution in [0, 0.1) is 0 Å². The zero-order chi connectivity index (χ0) is 18.4. The third kappa shape index (κ3) is 4.66. The van der Waals surface area contributed by atoms with Gasteiger partial charge in [0.2, 0.25) is 0 Å². The Labute approximate surface area is 151 Å². The van der Waals surface area contributed by atoms with Gasteiger partial charge in [0.1, 0.15) is 5.75 Å². The molecule has 0 radical (unpaired) electrons. The number of hydrogen-bond donors (Lipinski definition) is 1. The minimum absolute atomic E-state index is 0.0786. The first kappa shape index (κ1) is 17.6. The van der Waals surface area contributed by atoms with E-state index in [-0.39, 0.29) is 18.4 Å². The van der Waals surface area contributed by atoms with E-state index in [0.717, 1.165) is 11.1 Å². The molecule has 7 nitrogen and oxygen atoms in total. The van der Waals surface area contributed by atoms with Gasteiger partial charge >= 0.3 is 0 Å². The van der Waals surface area contributed by atoms with E-state index in [9.17, 15) is 4.79 Å². The summed E-state index contributed by atoms with van der Waals surface area (Å²) in [6.45, 7) is 4.33. The van der Waals surface area contributed by atoms with Gasteiger partial charge in [-0.3, -0.25) is 9.78 Å². The summed E-state index contributed by atoms with van der Waals surface area (Å²) in [6, 6.07) is 10.9. The van der Waals surface area contributed by atoms with E-state index in [4.69, 9.17) is 9.26 Å². The zero-order valence-electron chi connectivity index (χ0n) is 14.7. The van der Waals surface area contributed by atoms with Crippen molar-refractivity contribution < 1.29 is 14.1 Å². The van der Waals surface area contributed by atoms with Crippen molar-refractivity contribution in [1.82, 2.24) is 20.4 Å². The average Bonchev–Trinajstić information content (AvgIpc) is 3.16. The van der Waals surface area contributed by atoms with Crippen molar-refractivity contribution in [2.24, 2.45) is 0 Å². The summed E-state index contributed by atoms with van der Waals surface area (Å²) in [5, 5.41) is 6.74. The number of benzene rings is 1. The lowest BCUT2D eigenvalue weighted by atomic mass is 10.2. The molecule has 1 N–H and O–H groups in total. The fraction of sp³-hybridized carbons (Fsp3) is 0.263. The minimum atomic E-state index is -0.209. The van der Waals surface area contributed by atoms with Crippen molar-refractivity contribution in [2.75, 3.05) is 6.61 Å². The van der Waals surface area contributed by atoms with Crippen molar-refractivity contribution in [3.8, 4) is 17.2 Å². The maximum Gasteiger partial charge on any atom is 0.258 e. The number of nitrogens with zero attached hydrogens (tertiary/aromatic N) is 3. The molecule has 134 valence electrons. The summed E-state index contributed by atoms with van der Waals surface area (Å²) in [5.41, 5.74) is 1.68. The molecule has 0 spiro atoms. The van der Waals surface area contributed by atoms with E-state index in [1.165, 1.54) is 0 Å². The van der Waals surface area contributed by atoms with Crippen LogP contribution in [-0.2, 0) is 11.3 Å². The first-order chi connectivity index (χ1) is 12.6. The Kier molecular flexibility index (Phi) is 5.58. The standard InChI is InChI=1S/C19H20N4O3/c1-13(2)18-22-19(26-23-18)15-6-3-7-16(9-15)25-12-17(24)21-11-14-5-4-8-20-10-14/h3-10,13H,11-12H2,1-2H3,(H,21,24). The lowest BCUT2D eigenvalue weighted by molar-refractivity contribution is -0.123. The highest BCUT2D eigenvalue weighted by atomic mass is 16.5. The highest BCUT2D eigenvalue weighted by Gasteiger charge is 2.12. The van der Waals surface area contributed by atoms with Crippen molar-refractivity contribution >= 4 is 5.91 Å². The summed E-state index contributed by atoms with van der Waals surface area (Å²) >= 11 is 0. The number of amides is 1. The molecular weight excluding hydrogens is 332 g/mol. The molecule has 1 aromatic carbocycles. The molecule has 0 aliphatic rings. The number of pyridine rings is 1. The zero-order valence-corrected chi connectivity index (χ0v) is 14.7. The molecule has 3 rings (SSSR count). The highest BCUT2D eigenvalue weighted by molar-refractivity contribution is 5.77. The number of aromatic nitrogens is 3. The smallest absolute Gasteiger partial charge is 0.258 e. The molecule has 0 saturated carbocycles. The van der Waals surface area contributed by atoms with Gasteiger partial charge in [-0.1, -0.05) is 31.1 Å². The Morgan fingerprint density at radius 3 is 2.88 bits per heavy atom. The van der Waals surface area contributed by atoms with Crippen molar-refractivity contribution in [1.29, 1.82) is 0 Å². The van der Waals surface area contributed by atoms with Crippen LogP contribution in [0.3, 0.4) is 0 Å². The fourth-order valence-corrected chi connectivity index (χ4v) is 2.21. The SMILES string of the molecule is CC(C)c1noc(-c2cccc(OCC(=O)NCc3cccnc3)c2)n1. The van der Waals surface area contributed by atoms with E-state index >= 15 is 0 Å². The average molecular weight is 352 g/mol. The molecule has 1 amide bonds. The molecule has 2 aromatic heterocycles. The summed E-state index contributed by atoms with van der Waals surface area (Å²) < 4.78 is 10.8. The largest absolute Gasteiger partial charge is 0.484 e. The van der Waals surface area contributed by atoms with Gasteiger partial charge in [0.05, 0.1) is 0 Å². The van der Waals surface area contributed by atoms with Crippen LogP contribution in [0.2, 0.25) is 0 Å². The summed E-state index contributed by atoms with van der Waals surface area (Å²) in [7, 11) is 0. The van der Waals surface area contributed by atoms with Crippen LogP contribution in [0.15, 0.2) is 53.3 Å². The number of rotatable bonds is 7. The highest BCUT2D eigenvalue weighted by Crippen LogP contribution is 2.23. The van der Waals surface area contributed by atoms with Gasteiger partial charge in [0, 0.05) is 30.4 Å². The minimum Gasteiger partial charge on any atom is -0.484 e. The molecule has 0 atom stereocenters. The van der Waals surface area contributed by atoms with Gasteiger partial charge in [0.25, 0.3) is 11.8 Å². The monoisotopic (exact) mass is 352 g/mol. The van der Waals surface area contributed by atoms with Crippen LogP contribution >= 0.6 is 0 Å². The van der Waals surface area contributed by atoms with Crippen molar-refractivity contribution in [3.63, 3.8) is 0 Å². The maximum atomic E-state index is 11.9. The first-order valence-corrected chi connectivity index (χ1v) is 8.34. The molecule has 0 bridgehead atoms. The quantitative estimate of drug-likeness (QED) is 0.703.